The molecule has 0 aliphatic heterocycles. The number of nitrogens with zero attached hydrogens (tertiary/aromatic N) is 1. The number of sulfonamides is 1. The summed E-state index contributed by atoms with van der Waals surface area (Å²) in [5, 5.41) is 0. The Labute approximate surface area is 98.3 Å². The van der Waals surface area contributed by atoms with Gasteiger partial charge in [-0.25, -0.2) is 13.1 Å². The van der Waals surface area contributed by atoms with Crippen molar-refractivity contribution in [3.8, 4) is 0 Å². The molecular weight excluding hydrogens is 228 g/mol. The number of amides is 1. The molecule has 0 aromatic carbocycles. The highest BCUT2D eigenvalue weighted by atomic mass is 32.2. The van der Waals surface area contributed by atoms with Crippen LogP contribution in [0.2, 0.25) is 0 Å². The van der Waals surface area contributed by atoms with Crippen LogP contribution in [0.15, 0.2) is 0 Å². The molecule has 0 aromatic heterocycles. The smallest absolute Gasteiger partial charge is 0.237 e. The first kappa shape index (κ1) is 15.4. The van der Waals surface area contributed by atoms with Crippen LogP contribution in [0, 0.1) is 0 Å². The summed E-state index contributed by atoms with van der Waals surface area (Å²) in [6, 6.07) is 0. The number of carbonyl (C=O) groups excluding carboxylic acids is 1. The van der Waals surface area contributed by atoms with Crippen LogP contribution >= 0.6 is 0 Å². The lowest BCUT2D eigenvalue weighted by Gasteiger charge is -2.21. The Morgan fingerprint density at radius 3 is 2.00 bits per heavy atom. The summed E-state index contributed by atoms with van der Waals surface area (Å²) in [7, 11) is -3.28. The molecule has 96 valence electrons. The molecule has 0 rings (SSSR count). The van der Waals surface area contributed by atoms with E-state index in [9.17, 15) is 13.2 Å². The zero-order valence-electron chi connectivity index (χ0n) is 10.3. The molecule has 0 spiro atoms. The second kappa shape index (κ2) is 7.62. The molecule has 1 N–H and O–H groups in total. The van der Waals surface area contributed by atoms with Gasteiger partial charge in [-0.3, -0.25) is 4.79 Å². The molecule has 0 aromatic rings. The van der Waals surface area contributed by atoms with Crippen LogP contribution in [0.5, 0.6) is 0 Å². The van der Waals surface area contributed by atoms with E-state index in [4.69, 9.17) is 0 Å². The Morgan fingerprint density at radius 1 is 1.12 bits per heavy atom. The van der Waals surface area contributed by atoms with Gasteiger partial charge in [-0.05, 0) is 19.8 Å². The maximum Gasteiger partial charge on any atom is 0.237 e. The van der Waals surface area contributed by atoms with Gasteiger partial charge in [0.2, 0.25) is 15.9 Å². The maximum absolute atomic E-state index is 11.7. The fourth-order valence-electron chi connectivity index (χ4n) is 1.29. The topological polar surface area (TPSA) is 66.5 Å². The second-order valence-electron chi connectivity index (χ2n) is 3.61. The number of nitrogens with one attached hydrogen (secondary N) is 1. The van der Waals surface area contributed by atoms with E-state index in [1.165, 1.54) is 0 Å². The van der Waals surface area contributed by atoms with Crippen molar-refractivity contribution in [3.05, 3.63) is 0 Å². The van der Waals surface area contributed by atoms with E-state index in [0.29, 0.717) is 13.1 Å². The van der Waals surface area contributed by atoms with Gasteiger partial charge >= 0.3 is 0 Å². The summed E-state index contributed by atoms with van der Waals surface area (Å²) in [5.74, 6) is -0.150. The van der Waals surface area contributed by atoms with E-state index in [0.717, 1.165) is 12.8 Å². The number of rotatable bonds is 8. The van der Waals surface area contributed by atoms with E-state index in [1.807, 2.05) is 13.8 Å². The molecule has 0 aliphatic carbocycles. The van der Waals surface area contributed by atoms with Gasteiger partial charge in [0.25, 0.3) is 0 Å². The minimum Gasteiger partial charge on any atom is -0.342 e. The lowest BCUT2D eigenvalue weighted by atomic mass is 10.3. The maximum atomic E-state index is 11.7. The summed E-state index contributed by atoms with van der Waals surface area (Å²) >= 11 is 0. The zero-order chi connectivity index (χ0) is 12.6. The Kier molecular flexibility index (Phi) is 7.33. The van der Waals surface area contributed by atoms with Crippen molar-refractivity contribution in [3.63, 3.8) is 0 Å². The summed E-state index contributed by atoms with van der Waals surface area (Å²) < 4.78 is 24.6. The Morgan fingerprint density at radius 2 is 1.62 bits per heavy atom. The number of hydrogen-bond acceptors (Lipinski definition) is 3. The van der Waals surface area contributed by atoms with Crippen molar-refractivity contribution >= 4 is 15.9 Å². The van der Waals surface area contributed by atoms with E-state index < -0.39 is 10.0 Å². The minimum atomic E-state index is -3.28. The van der Waals surface area contributed by atoms with Crippen molar-refractivity contribution in [1.29, 1.82) is 0 Å². The quantitative estimate of drug-likeness (QED) is 0.685. The number of carbonyl (C=O) groups is 1. The van der Waals surface area contributed by atoms with Crippen LogP contribution in [-0.4, -0.2) is 44.6 Å². The molecule has 0 unspecified atom stereocenters. The van der Waals surface area contributed by atoms with Crippen molar-refractivity contribution in [2.45, 2.75) is 33.6 Å². The van der Waals surface area contributed by atoms with Crippen LogP contribution in [0.3, 0.4) is 0 Å². The van der Waals surface area contributed by atoms with E-state index >= 15 is 0 Å². The first-order valence-corrected chi connectivity index (χ1v) is 7.37. The van der Waals surface area contributed by atoms with Crippen molar-refractivity contribution in [2.24, 2.45) is 0 Å². The minimum absolute atomic E-state index is 0.00182. The van der Waals surface area contributed by atoms with Crippen LogP contribution in [0.1, 0.15) is 33.6 Å². The molecule has 0 fully saturated rings. The van der Waals surface area contributed by atoms with Crippen LogP contribution in [0.25, 0.3) is 0 Å². The first-order valence-electron chi connectivity index (χ1n) is 5.71. The van der Waals surface area contributed by atoms with Gasteiger partial charge in [0.05, 0.1) is 12.3 Å². The van der Waals surface area contributed by atoms with Gasteiger partial charge in [0, 0.05) is 13.1 Å². The summed E-state index contributed by atoms with van der Waals surface area (Å²) in [5.41, 5.74) is 0. The third-order valence-electron chi connectivity index (χ3n) is 2.16. The van der Waals surface area contributed by atoms with Gasteiger partial charge < -0.3 is 4.90 Å². The Hall–Kier alpha value is -0.620. The monoisotopic (exact) mass is 250 g/mol. The lowest BCUT2D eigenvalue weighted by Crippen LogP contribution is -2.41. The molecule has 0 saturated carbocycles. The van der Waals surface area contributed by atoms with Crippen molar-refractivity contribution < 1.29 is 13.2 Å². The largest absolute Gasteiger partial charge is 0.342 e. The molecule has 0 aliphatic rings. The highest BCUT2D eigenvalue weighted by molar-refractivity contribution is 7.89. The van der Waals surface area contributed by atoms with Crippen LogP contribution in [0.4, 0.5) is 0 Å². The average Bonchev–Trinajstić information content (AvgIpc) is 2.26. The number of hydrogen-bond donors (Lipinski definition) is 1. The van der Waals surface area contributed by atoms with Crippen molar-refractivity contribution in [1.82, 2.24) is 9.62 Å². The Bertz CT molecular complexity index is 295. The molecule has 6 heteroatoms. The normalized spacial score (nSPS) is 11.4. The Balaban J connectivity index is 4.20. The highest BCUT2D eigenvalue weighted by Gasteiger charge is 2.14. The molecule has 16 heavy (non-hydrogen) atoms. The third kappa shape index (κ3) is 6.07. The molecule has 1 amide bonds. The molecule has 0 bridgehead atoms. The summed E-state index contributed by atoms with van der Waals surface area (Å²) in [6.45, 7) is 6.76. The molecule has 0 atom stereocenters. The molecule has 5 nitrogen and oxygen atoms in total. The third-order valence-corrected chi connectivity index (χ3v) is 3.51. The SMILES string of the molecule is CCCN(CCC)C(=O)CNS(=O)(=O)CC. The fraction of sp³-hybridized carbons (Fsp3) is 0.900. The van der Waals surface area contributed by atoms with Crippen LogP contribution in [-0.2, 0) is 14.8 Å². The summed E-state index contributed by atoms with van der Waals surface area (Å²) in [6.07, 6.45) is 1.76. The molecule has 0 heterocycles. The molecule has 0 saturated heterocycles. The van der Waals surface area contributed by atoms with Gasteiger partial charge in [0.1, 0.15) is 0 Å². The first-order chi connectivity index (χ1) is 7.46. The van der Waals surface area contributed by atoms with Crippen LogP contribution < -0.4 is 4.72 Å². The predicted molar refractivity (Wildman–Crippen MR) is 64.6 cm³/mol. The predicted octanol–water partition coefficient (Wildman–Crippen LogP) is 0.574. The van der Waals surface area contributed by atoms with E-state index in [-0.39, 0.29) is 18.2 Å². The summed E-state index contributed by atoms with van der Waals surface area (Å²) in [4.78, 5) is 13.4. The van der Waals surface area contributed by atoms with Gasteiger partial charge in [-0.15, -0.1) is 0 Å². The lowest BCUT2D eigenvalue weighted by molar-refractivity contribution is -0.130. The fourth-order valence-corrected chi connectivity index (χ4v) is 1.83. The molecule has 0 radical (unpaired) electrons. The average molecular weight is 250 g/mol. The van der Waals surface area contributed by atoms with Gasteiger partial charge in [0.15, 0.2) is 0 Å². The standard InChI is InChI=1S/C10H22N2O3S/c1-4-7-12(8-5-2)10(13)9-11-16(14,15)6-3/h11H,4-9H2,1-3H3. The van der Waals surface area contributed by atoms with E-state index in [2.05, 4.69) is 4.72 Å². The van der Waals surface area contributed by atoms with Gasteiger partial charge in [-0.1, -0.05) is 13.8 Å². The van der Waals surface area contributed by atoms with Crippen molar-refractivity contribution in [2.75, 3.05) is 25.4 Å². The highest BCUT2D eigenvalue weighted by Crippen LogP contribution is 1.95. The van der Waals surface area contributed by atoms with Gasteiger partial charge in [-0.2, -0.15) is 0 Å². The van der Waals surface area contributed by atoms with E-state index in [1.54, 1.807) is 11.8 Å². The molecular formula is C10H22N2O3S. The zero-order valence-corrected chi connectivity index (χ0v) is 11.1. The second-order valence-corrected chi connectivity index (χ2v) is 5.70.